The largest absolute Gasteiger partial charge is 0.449 e. The Kier molecular flexibility index (Phi) is 5.08. The van der Waals surface area contributed by atoms with Gasteiger partial charge >= 0.3 is 5.97 Å². The fourth-order valence-corrected chi connectivity index (χ4v) is 1.59. The molecule has 98 valence electrons. The van der Waals surface area contributed by atoms with E-state index >= 15 is 0 Å². The highest BCUT2D eigenvalue weighted by molar-refractivity contribution is 9.10. The van der Waals surface area contributed by atoms with Crippen LogP contribution < -0.4 is 11.1 Å². The average Bonchev–Trinajstić information content (AvgIpc) is 2.32. The molecule has 18 heavy (non-hydrogen) atoms. The molecule has 1 atom stereocenters. The summed E-state index contributed by atoms with van der Waals surface area (Å²) >= 11 is 3.17. The fraction of sp³-hybridized carbons (Fsp3) is 0.364. The van der Waals surface area contributed by atoms with Gasteiger partial charge in [0.1, 0.15) is 5.82 Å². The van der Waals surface area contributed by atoms with Crippen molar-refractivity contribution in [3.05, 3.63) is 22.3 Å². The van der Waals surface area contributed by atoms with Gasteiger partial charge in [0.2, 0.25) is 0 Å². The molecule has 7 heteroatoms. The Morgan fingerprint density at radius 1 is 1.61 bits per heavy atom. The number of carbonyl (C=O) groups is 2. The highest BCUT2D eigenvalue weighted by Gasteiger charge is 2.20. The van der Waals surface area contributed by atoms with Gasteiger partial charge in [-0.25, -0.2) is 9.78 Å². The van der Waals surface area contributed by atoms with Crippen LogP contribution in [0.2, 0.25) is 0 Å². The van der Waals surface area contributed by atoms with Crippen LogP contribution in [0.4, 0.5) is 5.82 Å². The Bertz CT molecular complexity index is 465. The van der Waals surface area contributed by atoms with Crippen molar-refractivity contribution in [2.45, 2.75) is 20.0 Å². The molecule has 1 amide bonds. The van der Waals surface area contributed by atoms with Gasteiger partial charge in [-0.2, -0.15) is 0 Å². The van der Waals surface area contributed by atoms with Crippen molar-refractivity contribution in [2.75, 3.05) is 12.3 Å². The minimum absolute atomic E-state index is 0.204. The van der Waals surface area contributed by atoms with Gasteiger partial charge in [-0.1, -0.05) is 0 Å². The zero-order valence-corrected chi connectivity index (χ0v) is 11.7. The maximum Gasteiger partial charge on any atom is 0.340 e. The van der Waals surface area contributed by atoms with E-state index in [1.807, 2.05) is 0 Å². The van der Waals surface area contributed by atoms with Crippen LogP contribution in [0.25, 0.3) is 0 Å². The lowest BCUT2D eigenvalue weighted by molar-refractivity contribution is -0.128. The summed E-state index contributed by atoms with van der Waals surface area (Å²) in [6.45, 7) is 3.76. The van der Waals surface area contributed by atoms with Gasteiger partial charge in [-0.3, -0.25) is 4.79 Å². The number of ether oxygens (including phenoxy) is 1. The summed E-state index contributed by atoms with van der Waals surface area (Å²) in [5.74, 6) is -0.769. The summed E-state index contributed by atoms with van der Waals surface area (Å²) in [5.41, 5.74) is 5.72. The molecule has 0 saturated heterocycles. The molecular weight excluding hydrogens is 302 g/mol. The third kappa shape index (κ3) is 3.69. The first-order chi connectivity index (χ1) is 8.45. The summed E-state index contributed by atoms with van der Waals surface area (Å²) in [5, 5.41) is 2.56. The Labute approximate surface area is 113 Å². The highest BCUT2D eigenvalue weighted by Crippen LogP contribution is 2.18. The number of carbonyl (C=O) groups excluding carboxylic acids is 2. The van der Waals surface area contributed by atoms with E-state index in [-0.39, 0.29) is 17.3 Å². The molecule has 1 heterocycles. The molecule has 1 unspecified atom stereocenters. The number of rotatable bonds is 4. The molecule has 3 N–H and O–H groups in total. The van der Waals surface area contributed by atoms with E-state index in [9.17, 15) is 9.59 Å². The van der Waals surface area contributed by atoms with Crippen molar-refractivity contribution in [1.82, 2.24) is 10.3 Å². The molecule has 1 aromatic heterocycles. The molecular formula is C11H14BrN3O3. The van der Waals surface area contributed by atoms with Crippen LogP contribution in [0.15, 0.2) is 16.7 Å². The van der Waals surface area contributed by atoms with E-state index in [1.54, 1.807) is 6.92 Å². The average molecular weight is 316 g/mol. The number of amides is 1. The zero-order valence-electron chi connectivity index (χ0n) is 10.1. The number of halogens is 1. The number of aromatic nitrogens is 1. The number of nitrogens with two attached hydrogens (primary N) is 1. The molecule has 6 nitrogen and oxygen atoms in total. The first-order valence-corrected chi connectivity index (χ1v) is 6.14. The van der Waals surface area contributed by atoms with E-state index in [1.165, 1.54) is 19.2 Å². The predicted octanol–water partition coefficient (Wildman–Crippen LogP) is 1.11. The summed E-state index contributed by atoms with van der Waals surface area (Å²) in [6.07, 6.45) is 0.543. The molecule has 0 aliphatic rings. The molecule has 0 spiro atoms. The summed E-state index contributed by atoms with van der Waals surface area (Å²) in [6, 6.07) is 1.39. The second-order valence-corrected chi connectivity index (χ2v) is 4.39. The molecule has 1 rings (SSSR count). The maximum absolute atomic E-state index is 11.8. The van der Waals surface area contributed by atoms with Crippen LogP contribution in [0.5, 0.6) is 0 Å². The monoisotopic (exact) mass is 315 g/mol. The van der Waals surface area contributed by atoms with Crippen molar-refractivity contribution in [2.24, 2.45) is 0 Å². The first-order valence-electron chi connectivity index (χ1n) is 5.35. The van der Waals surface area contributed by atoms with Gasteiger partial charge in [0.05, 0.1) is 10.0 Å². The van der Waals surface area contributed by atoms with Gasteiger partial charge in [0, 0.05) is 12.7 Å². The minimum atomic E-state index is -0.862. The predicted molar refractivity (Wildman–Crippen MR) is 69.9 cm³/mol. The van der Waals surface area contributed by atoms with Gasteiger partial charge in [0.15, 0.2) is 6.10 Å². The summed E-state index contributed by atoms with van der Waals surface area (Å²) < 4.78 is 5.49. The molecule has 0 bridgehead atoms. The van der Waals surface area contributed by atoms with Crippen LogP contribution >= 0.6 is 15.9 Å². The SMILES string of the molecule is CCNC(=O)C(C)OC(=O)c1cc(N)ncc1Br. The number of hydrogen-bond acceptors (Lipinski definition) is 5. The Morgan fingerprint density at radius 2 is 2.28 bits per heavy atom. The molecule has 0 aliphatic carbocycles. The lowest BCUT2D eigenvalue weighted by Crippen LogP contribution is -2.35. The number of pyridine rings is 1. The number of hydrogen-bond donors (Lipinski definition) is 2. The smallest absolute Gasteiger partial charge is 0.340 e. The normalized spacial score (nSPS) is 11.7. The Hall–Kier alpha value is -1.63. The lowest BCUT2D eigenvalue weighted by Gasteiger charge is -2.13. The van der Waals surface area contributed by atoms with Crippen LogP contribution in [-0.4, -0.2) is 29.5 Å². The van der Waals surface area contributed by atoms with E-state index in [0.29, 0.717) is 11.0 Å². The van der Waals surface area contributed by atoms with Gasteiger partial charge in [-0.15, -0.1) is 0 Å². The zero-order chi connectivity index (χ0) is 13.7. The van der Waals surface area contributed by atoms with Crippen molar-refractivity contribution >= 4 is 33.6 Å². The lowest BCUT2D eigenvalue weighted by atomic mass is 10.2. The van der Waals surface area contributed by atoms with Gasteiger partial charge in [0.25, 0.3) is 5.91 Å². The van der Waals surface area contributed by atoms with Crippen LogP contribution in [-0.2, 0) is 9.53 Å². The third-order valence-electron chi connectivity index (χ3n) is 2.10. The fourth-order valence-electron chi connectivity index (χ4n) is 1.21. The highest BCUT2D eigenvalue weighted by atomic mass is 79.9. The molecule has 0 radical (unpaired) electrons. The van der Waals surface area contributed by atoms with E-state index < -0.39 is 12.1 Å². The van der Waals surface area contributed by atoms with Gasteiger partial charge < -0.3 is 15.8 Å². The van der Waals surface area contributed by atoms with Gasteiger partial charge in [-0.05, 0) is 35.8 Å². The Balaban J connectivity index is 2.76. The summed E-state index contributed by atoms with van der Waals surface area (Å²) in [7, 11) is 0. The van der Waals surface area contributed by atoms with E-state index in [4.69, 9.17) is 10.5 Å². The van der Waals surface area contributed by atoms with Crippen molar-refractivity contribution in [3.63, 3.8) is 0 Å². The van der Waals surface area contributed by atoms with Crippen LogP contribution in [0.1, 0.15) is 24.2 Å². The number of anilines is 1. The molecule has 1 aromatic rings. The molecule has 0 fully saturated rings. The van der Waals surface area contributed by atoms with E-state index in [2.05, 4.69) is 26.2 Å². The second-order valence-electron chi connectivity index (χ2n) is 3.53. The quantitative estimate of drug-likeness (QED) is 0.812. The number of likely N-dealkylation sites (N-methyl/N-ethyl adjacent to an activating group) is 1. The van der Waals surface area contributed by atoms with Crippen molar-refractivity contribution in [1.29, 1.82) is 0 Å². The second kappa shape index (κ2) is 6.34. The Morgan fingerprint density at radius 3 is 2.89 bits per heavy atom. The number of nitrogen functional groups attached to an aromatic ring is 1. The molecule has 0 aromatic carbocycles. The topological polar surface area (TPSA) is 94.3 Å². The standard InChI is InChI=1S/C11H14BrN3O3/c1-3-14-10(16)6(2)18-11(17)7-4-9(13)15-5-8(7)12/h4-6H,3H2,1-2H3,(H2,13,15)(H,14,16). The first kappa shape index (κ1) is 14.4. The van der Waals surface area contributed by atoms with Crippen LogP contribution in [0.3, 0.4) is 0 Å². The molecule has 0 saturated carbocycles. The number of esters is 1. The van der Waals surface area contributed by atoms with Crippen molar-refractivity contribution in [3.8, 4) is 0 Å². The van der Waals surface area contributed by atoms with Crippen LogP contribution in [0, 0.1) is 0 Å². The summed E-state index contributed by atoms with van der Waals surface area (Å²) in [4.78, 5) is 27.1. The van der Waals surface area contributed by atoms with Crippen molar-refractivity contribution < 1.29 is 14.3 Å². The molecule has 0 aliphatic heterocycles. The third-order valence-corrected chi connectivity index (χ3v) is 2.73. The number of nitrogens with zero attached hydrogens (tertiary/aromatic N) is 1. The maximum atomic E-state index is 11.8. The minimum Gasteiger partial charge on any atom is -0.449 e. The van der Waals surface area contributed by atoms with E-state index in [0.717, 1.165) is 0 Å². The number of nitrogens with one attached hydrogen (secondary N) is 1.